The number of hydrogen-bond donors (Lipinski definition) is 0. The van der Waals surface area contributed by atoms with Crippen molar-refractivity contribution in [3.8, 4) is 0 Å². The third kappa shape index (κ3) is 6.37. The van der Waals surface area contributed by atoms with Crippen LogP contribution in [-0.4, -0.2) is 51.9 Å². The SMILES string of the molecule is CC(C)N(CCBr)C(C)C.[Mg]. The van der Waals surface area contributed by atoms with E-state index in [0.29, 0.717) is 12.1 Å². The van der Waals surface area contributed by atoms with E-state index >= 15 is 0 Å². The maximum absolute atomic E-state index is 3.44. The highest BCUT2D eigenvalue weighted by Crippen LogP contribution is 2.04. The minimum absolute atomic E-state index is 0. The van der Waals surface area contributed by atoms with Crippen molar-refractivity contribution in [2.75, 3.05) is 11.9 Å². The van der Waals surface area contributed by atoms with Gasteiger partial charge in [-0.2, -0.15) is 0 Å². The van der Waals surface area contributed by atoms with Gasteiger partial charge in [-0.1, -0.05) is 15.9 Å². The second-order valence-electron chi connectivity index (χ2n) is 3.11. The summed E-state index contributed by atoms with van der Waals surface area (Å²) >= 11 is 3.44. The molecule has 0 atom stereocenters. The molecule has 0 fully saturated rings. The minimum Gasteiger partial charge on any atom is -0.298 e. The molecule has 0 rings (SSSR count). The normalized spacial score (nSPS) is 10.9. The summed E-state index contributed by atoms with van der Waals surface area (Å²) in [5.74, 6) is 0. The summed E-state index contributed by atoms with van der Waals surface area (Å²) in [5.41, 5.74) is 0. The minimum atomic E-state index is 0. The van der Waals surface area contributed by atoms with E-state index in [1.807, 2.05) is 0 Å². The van der Waals surface area contributed by atoms with Gasteiger partial charge in [-0.25, -0.2) is 0 Å². The molecular formula is C8H18BrMgN. The van der Waals surface area contributed by atoms with E-state index in [0.717, 1.165) is 11.9 Å². The van der Waals surface area contributed by atoms with E-state index in [1.165, 1.54) is 0 Å². The Kier molecular flexibility index (Phi) is 10.5. The monoisotopic (exact) mass is 231 g/mol. The third-order valence-electron chi connectivity index (χ3n) is 1.67. The Labute approximate surface area is 95.2 Å². The number of nitrogens with zero attached hydrogens (tertiary/aromatic N) is 1. The van der Waals surface area contributed by atoms with Crippen LogP contribution in [0, 0.1) is 0 Å². The average Bonchev–Trinajstić information content (AvgIpc) is 1.81. The van der Waals surface area contributed by atoms with E-state index in [2.05, 4.69) is 48.5 Å². The zero-order valence-corrected chi connectivity index (χ0v) is 11.1. The van der Waals surface area contributed by atoms with Gasteiger partial charge >= 0.3 is 0 Å². The van der Waals surface area contributed by atoms with Crippen LogP contribution in [0.2, 0.25) is 0 Å². The number of halogens is 1. The first-order valence-electron chi connectivity index (χ1n) is 3.91. The Morgan fingerprint density at radius 1 is 1.09 bits per heavy atom. The van der Waals surface area contributed by atoms with Crippen LogP contribution < -0.4 is 0 Å². The predicted octanol–water partition coefficient (Wildman–Crippen LogP) is 2.12. The molecule has 64 valence electrons. The van der Waals surface area contributed by atoms with E-state index in [4.69, 9.17) is 0 Å². The van der Waals surface area contributed by atoms with Gasteiger partial charge < -0.3 is 0 Å². The largest absolute Gasteiger partial charge is 0.298 e. The van der Waals surface area contributed by atoms with Crippen LogP contribution in [0.4, 0.5) is 0 Å². The fourth-order valence-electron chi connectivity index (χ4n) is 1.21. The van der Waals surface area contributed by atoms with Crippen LogP contribution in [0.5, 0.6) is 0 Å². The van der Waals surface area contributed by atoms with Crippen molar-refractivity contribution in [1.29, 1.82) is 0 Å². The first-order chi connectivity index (χ1) is 4.59. The molecule has 0 bridgehead atoms. The Hall–Kier alpha value is 1.21. The lowest BCUT2D eigenvalue weighted by atomic mass is 10.2. The Balaban J connectivity index is 0. The Morgan fingerprint density at radius 3 is 1.55 bits per heavy atom. The van der Waals surface area contributed by atoms with Crippen LogP contribution in [-0.2, 0) is 0 Å². The number of rotatable bonds is 4. The maximum atomic E-state index is 3.44. The molecule has 0 aromatic carbocycles. The molecule has 0 aliphatic carbocycles. The molecule has 2 radical (unpaired) electrons. The second-order valence-corrected chi connectivity index (χ2v) is 3.91. The molecule has 0 spiro atoms. The molecular weight excluding hydrogens is 214 g/mol. The standard InChI is InChI=1S/C8H18BrN.Mg/c1-7(2)10(6-5-9)8(3)4;/h7-8H,5-6H2,1-4H3;. The zero-order chi connectivity index (χ0) is 8.15. The average molecular weight is 232 g/mol. The molecule has 0 amide bonds. The van der Waals surface area contributed by atoms with Gasteiger partial charge in [-0.05, 0) is 27.7 Å². The van der Waals surface area contributed by atoms with E-state index in [9.17, 15) is 0 Å². The summed E-state index contributed by atoms with van der Waals surface area (Å²) in [7, 11) is 0. The first-order valence-corrected chi connectivity index (χ1v) is 5.03. The summed E-state index contributed by atoms with van der Waals surface area (Å²) in [6, 6.07) is 1.33. The lowest BCUT2D eigenvalue weighted by Crippen LogP contribution is -2.38. The molecule has 0 aliphatic heterocycles. The molecule has 0 aliphatic rings. The van der Waals surface area contributed by atoms with Gasteiger partial charge in [0.2, 0.25) is 0 Å². The smallest absolute Gasteiger partial charge is 0.0159 e. The summed E-state index contributed by atoms with van der Waals surface area (Å²) in [6.07, 6.45) is 0. The molecule has 0 saturated carbocycles. The molecule has 3 heteroatoms. The van der Waals surface area contributed by atoms with Crippen LogP contribution in [0.25, 0.3) is 0 Å². The number of hydrogen-bond acceptors (Lipinski definition) is 1. The Morgan fingerprint density at radius 2 is 1.45 bits per heavy atom. The van der Waals surface area contributed by atoms with Crippen LogP contribution in [0.15, 0.2) is 0 Å². The van der Waals surface area contributed by atoms with Crippen molar-refractivity contribution in [2.24, 2.45) is 0 Å². The highest BCUT2D eigenvalue weighted by Gasteiger charge is 2.10. The molecule has 1 nitrogen and oxygen atoms in total. The van der Waals surface area contributed by atoms with Gasteiger partial charge in [-0.15, -0.1) is 0 Å². The highest BCUT2D eigenvalue weighted by atomic mass is 79.9. The lowest BCUT2D eigenvalue weighted by molar-refractivity contribution is 0.188. The Bertz CT molecular complexity index is 78.2. The fraction of sp³-hybridized carbons (Fsp3) is 1.00. The van der Waals surface area contributed by atoms with Crippen molar-refractivity contribution in [1.82, 2.24) is 4.90 Å². The predicted molar refractivity (Wildman–Crippen MR) is 56.5 cm³/mol. The van der Waals surface area contributed by atoms with E-state index in [-0.39, 0.29) is 23.1 Å². The van der Waals surface area contributed by atoms with Gasteiger partial charge in [0.15, 0.2) is 0 Å². The quantitative estimate of drug-likeness (QED) is 0.530. The van der Waals surface area contributed by atoms with Crippen molar-refractivity contribution in [2.45, 2.75) is 39.8 Å². The van der Waals surface area contributed by atoms with Crippen molar-refractivity contribution in [3.63, 3.8) is 0 Å². The molecule has 0 N–H and O–H groups in total. The first kappa shape index (κ1) is 14.7. The van der Waals surface area contributed by atoms with Crippen molar-refractivity contribution < 1.29 is 0 Å². The van der Waals surface area contributed by atoms with Gasteiger partial charge in [0.25, 0.3) is 0 Å². The van der Waals surface area contributed by atoms with Crippen LogP contribution in [0.3, 0.4) is 0 Å². The number of alkyl halides is 1. The van der Waals surface area contributed by atoms with Crippen LogP contribution >= 0.6 is 15.9 Å². The highest BCUT2D eigenvalue weighted by molar-refractivity contribution is 9.09. The van der Waals surface area contributed by atoms with Crippen molar-refractivity contribution in [3.05, 3.63) is 0 Å². The van der Waals surface area contributed by atoms with Crippen LogP contribution in [0.1, 0.15) is 27.7 Å². The van der Waals surface area contributed by atoms with Gasteiger partial charge in [0.05, 0.1) is 0 Å². The molecule has 11 heavy (non-hydrogen) atoms. The second kappa shape index (κ2) is 7.83. The zero-order valence-electron chi connectivity index (χ0n) is 8.10. The molecule has 0 unspecified atom stereocenters. The topological polar surface area (TPSA) is 3.24 Å². The summed E-state index contributed by atoms with van der Waals surface area (Å²) in [4.78, 5) is 2.47. The summed E-state index contributed by atoms with van der Waals surface area (Å²) in [6.45, 7) is 10.1. The van der Waals surface area contributed by atoms with Gasteiger partial charge in [0, 0.05) is 47.0 Å². The molecule has 0 aromatic rings. The van der Waals surface area contributed by atoms with E-state index in [1.54, 1.807) is 0 Å². The van der Waals surface area contributed by atoms with Gasteiger partial charge in [0.1, 0.15) is 0 Å². The van der Waals surface area contributed by atoms with Gasteiger partial charge in [-0.3, -0.25) is 4.90 Å². The lowest BCUT2D eigenvalue weighted by Gasteiger charge is -2.29. The molecule has 0 heterocycles. The summed E-state index contributed by atoms with van der Waals surface area (Å²) in [5, 5.41) is 1.07. The van der Waals surface area contributed by atoms with Crippen molar-refractivity contribution >= 4 is 39.0 Å². The summed E-state index contributed by atoms with van der Waals surface area (Å²) < 4.78 is 0. The fourth-order valence-corrected chi connectivity index (χ4v) is 1.62. The maximum Gasteiger partial charge on any atom is 0.0159 e. The third-order valence-corrected chi connectivity index (χ3v) is 2.02. The molecule has 0 aromatic heterocycles. The molecule has 0 saturated heterocycles. The van der Waals surface area contributed by atoms with E-state index < -0.39 is 0 Å².